The van der Waals surface area contributed by atoms with Crippen molar-refractivity contribution in [1.82, 2.24) is 30.5 Å². The number of allylic oxidation sites excluding steroid dienone is 5. The molecule has 196 valence electrons. The molecule has 0 bridgehead atoms. The monoisotopic (exact) mass is 518 g/mol. The van der Waals surface area contributed by atoms with Crippen LogP contribution >= 0.6 is 0 Å². The number of aromatic nitrogens is 5. The number of nitrogens with zero attached hydrogens (tertiary/aromatic N) is 3. The second-order valence-corrected chi connectivity index (χ2v) is 9.85. The van der Waals surface area contributed by atoms with Crippen LogP contribution in [0, 0.1) is 11.7 Å². The van der Waals surface area contributed by atoms with Crippen LogP contribution in [0.4, 0.5) is 4.39 Å². The Morgan fingerprint density at radius 1 is 1.10 bits per heavy atom. The predicted molar refractivity (Wildman–Crippen MR) is 158 cm³/mol. The van der Waals surface area contributed by atoms with E-state index in [1.165, 1.54) is 6.07 Å². The molecule has 6 nitrogen and oxygen atoms in total. The summed E-state index contributed by atoms with van der Waals surface area (Å²) in [5, 5.41) is 11.9. The zero-order chi connectivity index (χ0) is 27.5. The lowest BCUT2D eigenvalue weighted by molar-refractivity contribution is 0.622. The number of halogens is 1. The van der Waals surface area contributed by atoms with Gasteiger partial charge in [-0.15, -0.1) is 0 Å². The van der Waals surface area contributed by atoms with Crippen molar-refractivity contribution in [3.63, 3.8) is 0 Å². The van der Waals surface area contributed by atoms with E-state index in [-0.39, 0.29) is 5.82 Å². The van der Waals surface area contributed by atoms with Crippen LogP contribution in [-0.4, -0.2) is 25.1 Å². The second-order valence-electron chi connectivity index (χ2n) is 9.85. The minimum Gasteiger partial charge on any atom is -0.359 e. The van der Waals surface area contributed by atoms with Crippen LogP contribution in [-0.2, 0) is 0 Å². The molecule has 0 radical (unpaired) electrons. The topological polar surface area (TPSA) is 82.3 Å². The minimum absolute atomic E-state index is 0.292. The quantitative estimate of drug-likeness (QED) is 0.173. The number of rotatable bonds is 9. The highest BCUT2D eigenvalue weighted by Gasteiger charge is 2.17. The van der Waals surface area contributed by atoms with Crippen molar-refractivity contribution in [2.75, 3.05) is 0 Å². The average Bonchev–Trinajstić information content (AvgIpc) is 3.54. The fraction of sp³-hybridized carbons (Fsp3) is 0.156. The first kappa shape index (κ1) is 25.9. The lowest BCUT2D eigenvalue weighted by Gasteiger charge is -2.13. The molecule has 0 atom stereocenters. The summed E-state index contributed by atoms with van der Waals surface area (Å²) in [6, 6.07) is 12.6. The second kappa shape index (κ2) is 10.9. The van der Waals surface area contributed by atoms with Crippen LogP contribution in [0.5, 0.6) is 0 Å². The molecule has 0 aliphatic carbocycles. The van der Waals surface area contributed by atoms with Gasteiger partial charge in [-0.25, -0.2) is 9.37 Å². The third-order valence-electron chi connectivity index (χ3n) is 6.49. The number of nitrogens with one attached hydrogen (secondary N) is 3. The van der Waals surface area contributed by atoms with E-state index in [0.717, 1.165) is 56.7 Å². The van der Waals surface area contributed by atoms with Gasteiger partial charge in [-0.05, 0) is 61.3 Å². The molecule has 0 aliphatic heterocycles. The van der Waals surface area contributed by atoms with E-state index in [4.69, 9.17) is 4.98 Å². The first-order valence-electron chi connectivity index (χ1n) is 12.9. The van der Waals surface area contributed by atoms with E-state index in [1.54, 1.807) is 30.6 Å². The minimum atomic E-state index is -0.292. The number of aromatic amines is 2. The molecule has 3 N–H and O–H groups in total. The van der Waals surface area contributed by atoms with E-state index < -0.39 is 0 Å². The van der Waals surface area contributed by atoms with Gasteiger partial charge in [0.2, 0.25) is 0 Å². The Hall–Kier alpha value is -4.78. The highest BCUT2D eigenvalue weighted by molar-refractivity contribution is 6.00. The van der Waals surface area contributed by atoms with Crippen molar-refractivity contribution in [3.05, 3.63) is 109 Å². The van der Waals surface area contributed by atoms with E-state index in [2.05, 4.69) is 52.5 Å². The summed E-state index contributed by atoms with van der Waals surface area (Å²) < 4.78 is 14.6. The van der Waals surface area contributed by atoms with Crippen molar-refractivity contribution in [1.29, 1.82) is 0 Å². The van der Waals surface area contributed by atoms with Crippen molar-refractivity contribution in [3.8, 4) is 22.5 Å². The number of H-pyrrole nitrogens is 2. The summed E-state index contributed by atoms with van der Waals surface area (Å²) in [4.78, 5) is 12.7. The molecule has 5 aromatic rings. The Morgan fingerprint density at radius 2 is 1.92 bits per heavy atom. The molecule has 0 amide bonds. The Bertz CT molecular complexity index is 1750. The van der Waals surface area contributed by atoms with Gasteiger partial charge in [-0.2, -0.15) is 5.10 Å². The Balaban J connectivity index is 1.54. The van der Waals surface area contributed by atoms with Gasteiger partial charge >= 0.3 is 0 Å². The fourth-order valence-corrected chi connectivity index (χ4v) is 4.69. The van der Waals surface area contributed by atoms with E-state index >= 15 is 0 Å². The molecule has 7 heteroatoms. The maximum absolute atomic E-state index is 14.6. The molecule has 0 unspecified atom stereocenters. The van der Waals surface area contributed by atoms with Gasteiger partial charge in [0, 0.05) is 34.1 Å². The summed E-state index contributed by atoms with van der Waals surface area (Å²) in [5.74, 6) is 0.211. The Kier molecular flexibility index (Phi) is 7.23. The molecule has 4 heterocycles. The van der Waals surface area contributed by atoms with Gasteiger partial charge in [0.05, 0.1) is 28.6 Å². The molecule has 0 saturated heterocycles. The van der Waals surface area contributed by atoms with E-state index in [0.29, 0.717) is 22.7 Å². The zero-order valence-electron chi connectivity index (χ0n) is 22.3. The maximum Gasteiger partial charge on any atom is 0.135 e. The van der Waals surface area contributed by atoms with E-state index in [1.807, 2.05) is 43.3 Å². The number of hydrogen-bond acceptors (Lipinski definition) is 4. The molecular weight excluding hydrogens is 487 g/mol. The van der Waals surface area contributed by atoms with Crippen molar-refractivity contribution < 1.29 is 4.39 Å². The summed E-state index contributed by atoms with van der Waals surface area (Å²) >= 11 is 0. The molecule has 0 fully saturated rings. The van der Waals surface area contributed by atoms with E-state index in [9.17, 15) is 4.39 Å². The van der Waals surface area contributed by atoms with Gasteiger partial charge in [-0.3, -0.25) is 10.1 Å². The first-order chi connectivity index (χ1) is 18.9. The van der Waals surface area contributed by atoms with Gasteiger partial charge in [0.15, 0.2) is 0 Å². The Labute approximate surface area is 227 Å². The normalized spacial score (nSPS) is 12.4. The standard InChI is InChI=1S/C32H31FN6/c1-6-21(15-22(7-2)35-20(5)14-19(3)4)27-12-13-28-31(37-27)32(39-38-28)29-16-24-25(17-34-18-30(24)36-29)23-10-8-9-11-26(23)33/h6-13,15-19,35-36H,2,5,14H2,1,3-4H3,(H,38,39)/b21-6+,22-15+. The van der Waals surface area contributed by atoms with Crippen LogP contribution in [0.15, 0.2) is 97.6 Å². The number of pyridine rings is 2. The molecule has 4 aromatic heterocycles. The van der Waals surface area contributed by atoms with Crippen LogP contribution in [0.3, 0.4) is 0 Å². The highest BCUT2D eigenvalue weighted by atomic mass is 19.1. The largest absolute Gasteiger partial charge is 0.359 e. The summed E-state index contributed by atoms with van der Waals surface area (Å²) in [5.41, 5.74) is 8.51. The fourth-order valence-electron chi connectivity index (χ4n) is 4.69. The van der Waals surface area contributed by atoms with Gasteiger partial charge in [0.1, 0.15) is 17.0 Å². The van der Waals surface area contributed by atoms with Crippen LogP contribution in [0.25, 0.3) is 50.0 Å². The van der Waals surface area contributed by atoms with Crippen molar-refractivity contribution in [2.45, 2.75) is 27.2 Å². The molecular formula is C32H31FN6. The third-order valence-corrected chi connectivity index (χ3v) is 6.49. The molecule has 0 saturated carbocycles. The summed E-state index contributed by atoms with van der Waals surface area (Å²) in [7, 11) is 0. The lowest BCUT2D eigenvalue weighted by Crippen LogP contribution is -2.12. The predicted octanol–water partition coefficient (Wildman–Crippen LogP) is 7.93. The van der Waals surface area contributed by atoms with Crippen molar-refractivity contribution >= 4 is 27.5 Å². The third kappa shape index (κ3) is 5.29. The average molecular weight is 519 g/mol. The summed E-state index contributed by atoms with van der Waals surface area (Å²) in [6.07, 6.45) is 10.1. The summed E-state index contributed by atoms with van der Waals surface area (Å²) in [6.45, 7) is 14.4. The maximum atomic E-state index is 14.6. The van der Waals surface area contributed by atoms with Gasteiger partial charge in [-0.1, -0.05) is 51.3 Å². The SMILES string of the molecule is C=C/C(=C\C(=C/C)c1ccc2[nH]nc(-c3cc4c(-c5ccccc5F)cncc4[nH]3)c2n1)NC(=C)CC(C)C. The molecule has 0 aliphatic rings. The van der Waals surface area contributed by atoms with Crippen LogP contribution in [0.1, 0.15) is 32.9 Å². The number of fused-ring (bicyclic) bond motifs is 2. The van der Waals surface area contributed by atoms with Crippen molar-refractivity contribution in [2.24, 2.45) is 5.92 Å². The smallest absolute Gasteiger partial charge is 0.135 e. The molecule has 1 aromatic carbocycles. The van der Waals surface area contributed by atoms with Gasteiger partial charge < -0.3 is 10.3 Å². The highest BCUT2D eigenvalue weighted by Crippen LogP contribution is 2.34. The number of hydrogen-bond donors (Lipinski definition) is 3. The zero-order valence-corrected chi connectivity index (χ0v) is 22.3. The van der Waals surface area contributed by atoms with Crippen LogP contribution < -0.4 is 5.32 Å². The number of benzene rings is 1. The van der Waals surface area contributed by atoms with Crippen LogP contribution in [0.2, 0.25) is 0 Å². The Morgan fingerprint density at radius 3 is 2.67 bits per heavy atom. The molecule has 5 rings (SSSR count). The molecule has 0 spiro atoms. The first-order valence-corrected chi connectivity index (χ1v) is 12.9. The van der Waals surface area contributed by atoms with Gasteiger partial charge in [0.25, 0.3) is 0 Å². The molecule has 39 heavy (non-hydrogen) atoms. The lowest BCUT2D eigenvalue weighted by atomic mass is 10.0.